The molecule has 0 N–H and O–H groups in total. The van der Waals surface area contributed by atoms with E-state index in [1.54, 1.807) is 4.90 Å². The lowest BCUT2D eigenvalue weighted by Crippen LogP contribution is -2.44. The molecule has 2 rings (SSSR count). The molecular formula is C17H27N3O2. The van der Waals surface area contributed by atoms with Crippen molar-refractivity contribution in [3.63, 3.8) is 0 Å². The van der Waals surface area contributed by atoms with E-state index in [2.05, 4.69) is 6.07 Å². The van der Waals surface area contributed by atoms with Crippen molar-refractivity contribution in [2.45, 2.75) is 58.3 Å². The van der Waals surface area contributed by atoms with Crippen LogP contribution in [0.5, 0.6) is 0 Å². The number of nitrogens with zero attached hydrogens (tertiary/aromatic N) is 3. The van der Waals surface area contributed by atoms with E-state index in [1.807, 2.05) is 11.8 Å². The number of amides is 2. The Kier molecular flexibility index (Phi) is 5.82. The van der Waals surface area contributed by atoms with Crippen molar-refractivity contribution in [2.75, 3.05) is 26.2 Å². The van der Waals surface area contributed by atoms with Crippen molar-refractivity contribution in [1.29, 1.82) is 5.26 Å². The van der Waals surface area contributed by atoms with Gasteiger partial charge in [0, 0.05) is 39.0 Å². The van der Waals surface area contributed by atoms with Gasteiger partial charge in [-0.1, -0.05) is 12.8 Å². The van der Waals surface area contributed by atoms with Crippen molar-refractivity contribution in [1.82, 2.24) is 9.80 Å². The largest absolute Gasteiger partial charge is 0.343 e. The predicted octanol–water partition coefficient (Wildman–Crippen LogP) is 2.32. The Bertz CT molecular complexity index is 449. The number of carbonyl (C=O) groups is 2. The van der Waals surface area contributed by atoms with Gasteiger partial charge in [-0.3, -0.25) is 9.59 Å². The lowest BCUT2D eigenvalue weighted by atomic mass is 9.83. The Balaban J connectivity index is 1.79. The Morgan fingerprint density at radius 2 is 1.50 bits per heavy atom. The molecule has 2 amide bonds. The number of piperidine rings is 1. The molecule has 122 valence electrons. The lowest BCUT2D eigenvalue weighted by molar-refractivity contribution is -0.138. The SMILES string of the molecule is C[C@@]1(C#N)CCCN(C(=O)CCC(=O)N2CCCCCC2)C1. The zero-order valence-corrected chi connectivity index (χ0v) is 13.6. The maximum Gasteiger partial charge on any atom is 0.223 e. The third kappa shape index (κ3) is 4.46. The van der Waals surface area contributed by atoms with E-state index in [9.17, 15) is 14.9 Å². The number of hydrogen-bond acceptors (Lipinski definition) is 3. The minimum atomic E-state index is -0.428. The van der Waals surface area contributed by atoms with E-state index in [1.165, 1.54) is 12.8 Å². The summed E-state index contributed by atoms with van der Waals surface area (Å²) < 4.78 is 0. The van der Waals surface area contributed by atoms with E-state index < -0.39 is 5.41 Å². The second-order valence-electron chi connectivity index (χ2n) is 6.89. The molecule has 5 nitrogen and oxygen atoms in total. The minimum Gasteiger partial charge on any atom is -0.343 e. The average Bonchev–Trinajstić information content (AvgIpc) is 2.81. The molecule has 0 unspecified atom stereocenters. The summed E-state index contributed by atoms with van der Waals surface area (Å²) in [7, 11) is 0. The number of rotatable bonds is 3. The predicted molar refractivity (Wildman–Crippen MR) is 83.8 cm³/mol. The number of likely N-dealkylation sites (tertiary alicyclic amines) is 2. The highest BCUT2D eigenvalue weighted by molar-refractivity contribution is 5.84. The van der Waals surface area contributed by atoms with Gasteiger partial charge in [0.15, 0.2) is 0 Å². The Labute approximate surface area is 133 Å². The maximum absolute atomic E-state index is 12.3. The molecule has 0 radical (unpaired) electrons. The lowest BCUT2D eigenvalue weighted by Gasteiger charge is -2.36. The summed E-state index contributed by atoms with van der Waals surface area (Å²) in [5.74, 6) is 0.125. The molecule has 0 aromatic heterocycles. The third-order valence-electron chi connectivity index (χ3n) is 4.83. The van der Waals surface area contributed by atoms with E-state index >= 15 is 0 Å². The number of hydrogen-bond donors (Lipinski definition) is 0. The van der Waals surface area contributed by atoms with E-state index in [0.717, 1.165) is 38.8 Å². The molecule has 0 saturated carbocycles. The zero-order valence-electron chi connectivity index (χ0n) is 13.6. The number of nitriles is 1. The van der Waals surface area contributed by atoms with E-state index in [4.69, 9.17) is 0 Å². The molecule has 1 atom stereocenters. The van der Waals surface area contributed by atoms with Crippen molar-refractivity contribution >= 4 is 11.8 Å². The molecule has 0 aliphatic carbocycles. The summed E-state index contributed by atoms with van der Waals surface area (Å²) in [5.41, 5.74) is -0.428. The van der Waals surface area contributed by atoms with Gasteiger partial charge in [-0.15, -0.1) is 0 Å². The van der Waals surface area contributed by atoms with Gasteiger partial charge in [-0.2, -0.15) is 5.26 Å². The van der Waals surface area contributed by atoms with Crippen LogP contribution in [0.2, 0.25) is 0 Å². The molecule has 22 heavy (non-hydrogen) atoms. The molecule has 0 aromatic carbocycles. The van der Waals surface area contributed by atoms with Gasteiger partial charge in [0.05, 0.1) is 11.5 Å². The van der Waals surface area contributed by atoms with Gasteiger partial charge in [0.25, 0.3) is 0 Å². The van der Waals surface area contributed by atoms with Gasteiger partial charge in [-0.25, -0.2) is 0 Å². The first-order chi connectivity index (χ1) is 10.5. The fourth-order valence-electron chi connectivity index (χ4n) is 3.39. The fraction of sp³-hybridized carbons (Fsp3) is 0.824. The van der Waals surface area contributed by atoms with E-state index in [0.29, 0.717) is 19.5 Å². The highest BCUT2D eigenvalue weighted by Crippen LogP contribution is 2.28. The molecule has 2 saturated heterocycles. The minimum absolute atomic E-state index is 0.0179. The highest BCUT2D eigenvalue weighted by atomic mass is 16.2. The first-order valence-electron chi connectivity index (χ1n) is 8.51. The van der Waals surface area contributed by atoms with Crippen LogP contribution in [-0.4, -0.2) is 47.8 Å². The van der Waals surface area contributed by atoms with Crippen LogP contribution in [0.1, 0.15) is 58.3 Å². The third-order valence-corrected chi connectivity index (χ3v) is 4.83. The molecule has 2 aliphatic heterocycles. The van der Waals surface area contributed by atoms with Crippen molar-refractivity contribution in [3.05, 3.63) is 0 Å². The number of carbonyl (C=O) groups excluding carboxylic acids is 2. The van der Waals surface area contributed by atoms with Crippen LogP contribution in [0.25, 0.3) is 0 Å². The van der Waals surface area contributed by atoms with Crippen LogP contribution in [0.4, 0.5) is 0 Å². The zero-order chi connectivity index (χ0) is 16.0. The van der Waals surface area contributed by atoms with Gasteiger partial charge in [-0.05, 0) is 32.6 Å². The molecule has 0 aromatic rings. The summed E-state index contributed by atoms with van der Waals surface area (Å²) in [6, 6.07) is 2.32. The maximum atomic E-state index is 12.3. The first kappa shape index (κ1) is 16.8. The van der Waals surface area contributed by atoms with Gasteiger partial charge in [0.2, 0.25) is 11.8 Å². The second-order valence-corrected chi connectivity index (χ2v) is 6.89. The summed E-state index contributed by atoms with van der Waals surface area (Å²) >= 11 is 0. The van der Waals surface area contributed by atoms with Crippen LogP contribution in [0.15, 0.2) is 0 Å². The highest BCUT2D eigenvalue weighted by Gasteiger charge is 2.33. The Morgan fingerprint density at radius 3 is 2.09 bits per heavy atom. The quantitative estimate of drug-likeness (QED) is 0.804. The van der Waals surface area contributed by atoms with Crippen LogP contribution in [0, 0.1) is 16.7 Å². The fourth-order valence-corrected chi connectivity index (χ4v) is 3.39. The smallest absolute Gasteiger partial charge is 0.223 e. The Hall–Kier alpha value is -1.57. The van der Waals surface area contributed by atoms with E-state index in [-0.39, 0.29) is 18.2 Å². The molecular weight excluding hydrogens is 278 g/mol. The van der Waals surface area contributed by atoms with Gasteiger partial charge in [0.1, 0.15) is 0 Å². The van der Waals surface area contributed by atoms with Gasteiger partial charge >= 0.3 is 0 Å². The summed E-state index contributed by atoms with van der Waals surface area (Å²) in [6.07, 6.45) is 6.84. The van der Waals surface area contributed by atoms with Gasteiger partial charge < -0.3 is 9.80 Å². The van der Waals surface area contributed by atoms with Crippen LogP contribution in [-0.2, 0) is 9.59 Å². The topological polar surface area (TPSA) is 64.4 Å². The van der Waals surface area contributed by atoms with Crippen molar-refractivity contribution in [3.8, 4) is 6.07 Å². The van der Waals surface area contributed by atoms with Crippen LogP contribution in [0.3, 0.4) is 0 Å². The second kappa shape index (κ2) is 7.62. The van der Waals surface area contributed by atoms with Crippen LogP contribution < -0.4 is 0 Å². The van der Waals surface area contributed by atoms with Crippen LogP contribution >= 0.6 is 0 Å². The van der Waals surface area contributed by atoms with Crippen molar-refractivity contribution in [2.24, 2.45) is 5.41 Å². The summed E-state index contributed by atoms with van der Waals surface area (Å²) in [6.45, 7) is 4.80. The average molecular weight is 305 g/mol. The normalized spacial score (nSPS) is 26.2. The standard InChI is InChI=1S/C17H27N3O2/c1-17(13-18)9-6-12-20(14-17)16(22)8-7-15(21)19-10-4-2-3-5-11-19/h2-12,14H2,1H3/t17-/m0/s1. The molecule has 2 fully saturated rings. The summed E-state index contributed by atoms with van der Waals surface area (Å²) in [4.78, 5) is 28.2. The Morgan fingerprint density at radius 1 is 0.955 bits per heavy atom. The molecule has 2 aliphatic rings. The first-order valence-corrected chi connectivity index (χ1v) is 8.51. The molecule has 5 heteroatoms. The molecule has 2 heterocycles. The van der Waals surface area contributed by atoms with Crippen molar-refractivity contribution < 1.29 is 9.59 Å². The monoisotopic (exact) mass is 305 g/mol. The molecule has 0 spiro atoms. The molecule has 0 bridgehead atoms. The summed E-state index contributed by atoms with van der Waals surface area (Å²) in [5, 5.41) is 9.22.